The Balaban J connectivity index is 1.96. The number of amides is 2. The Labute approximate surface area is 151 Å². The molecule has 0 radical (unpaired) electrons. The second-order valence-corrected chi connectivity index (χ2v) is 6.65. The molecule has 0 atom stereocenters. The van der Waals surface area contributed by atoms with Crippen molar-refractivity contribution < 1.29 is 14.3 Å². The van der Waals surface area contributed by atoms with E-state index < -0.39 is 0 Å². The fourth-order valence-electron chi connectivity index (χ4n) is 2.18. The molecule has 2 rings (SSSR count). The first-order valence-corrected chi connectivity index (χ1v) is 8.57. The number of nitrogens with zero attached hydrogens (tertiary/aromatic N) is 2. The van der Waals surface area contributed by atoms with Crippen LogP contribution in [0.4, 0.5) is 5.13 Å². The predicted octanol–water partition coefficient (Wildman–Crippen LogP) is 2.66. The minimum absolute atomic E-state index is 0.0420. The third-order valence-corrected chi connectivity index (χ3v) is 4.25. The summed E-state index contributed by atoms with van der Waals surface area (Å²) in [4.78, 5) is 31.2. The van der Waals surface area contributed by atoms with E-state index in [1.165, 1.54) is 16.2 Å². The third kappa shape index (κ3) is 5.72. The van der Waals surface area contributed by atoms with Crippen LogP contribution in [0.15, 0.2) is 43.1 Å². The van der Waals surface area contributed by atoms with Gasteiger partial charge in [0.2, 0.25) is 11.8 Å². The van der Waals surface area contributed by atoms with E-state index in [9.17, 15) is 9.59 Å². The zero-order valence-electron chi connectivity index (χ0n) is 14.3. The van der Waals surface area contributed by atoms with Crippen molar-refractivity contribution in [1.82, 2.24) is 9.88 Å². The van der Waals surface area contributed by atoms with Gasteiger partial charge in [-0.05, 0) is 24.6 Å². The molecule has 0 saturated heterocycles. The molecule has 2 aromatic rings. The highest BCUT2D eigenvalue weighted by Gasteiger charge is 2.17. The molecule has 0 unspecified atom stereocenters. The number of nitrogens with one attached hydrogen (secondary N) is 1. The summed E-state index contributed by atoms with van der Waals surface area (Å²) in [5, 5.41) is 3.24. The topological polar surface area (TPSA) is 71.5 Å². The maximum absolute atomic E-state index is 12.5. The number of rotatable bonds is 8. The van der Waals surface area contributed by atoms with Crippen LogP contribution in [-0.2, 0) is 16.0 Å². The van der Waals surface area contributed by atoms with E-state index >= 15 is 0 Å². The first kappa shape index (κ1) is 18.7. The van der Waals surface area contributed by atoms with Gasteiger partial charge in [-0.1, -0.05) is 18.2 Å². The Hall–Kier alpha value is -2.67. The van der Waals surface area contributed by atoms with E-state index in [0.29, 0.717) is 11.7 Å². The van der Waals surface area contributed by atoms with Gasteiger partial charge in [0.05, 0.1) is 13.5 Å². The first-order chi connectivity index (χ1) is 12.0. The molecule has 0 saturated carbocycles. The molecule has 25 heavy (non-hydrogen) atoms. The number of aromatic nitrogens is 1. The molecule has 0 aliphatic carbocycles. The number of benzene rings is 1. The highest BCUT2D eigenvalue weighted by atomic mass is 32.1. The van der Waals surface area contributed by atoms with E-state index in [0.717, 1.165) is 16.2 Å². The number of ether oxygens (including phenoxy) is 1. The molecule has 1 heterocycles. The number of carbonyl (C=O) groups excluding carboxylic acids is 2. The van der Waals surface area contributed by atoms with Gasteiger partial charge < -0.3 is 15.0 Å². The molecule has 0 bridgehead atoms. The van der Waals surface area contributed by atoms with Crippen LogP contribution in [0.5, 0.6) is 5.75 Å². The van der Waals surface area contributed by atoms with Gasteiger partial charge in [0.15, 0.2) is 5.13 Å². The van der Waals surface area contributed by atoms with Crippen molar-refractivity contribution in [3.63, 3.8) is 0 Å². The van der Waals surface area contributed by atoms with Crippen LogP contribution in [0.1, 0.15) is 10.4 Å². The van der Waals surface area contributed by atoms with Gasteiger partial charge in [0, 0.05) is 17.6 Å². The van der Waals surface area contributed by atoms with Crippen LogP contribution in [0.25, 0.3) is 0 Å². The normalized spacial score (nSPS) is 10.2. The van der Waals surface area contributed by atoms with E-state index in [1.807, 2.05) is 19.1 Å². The number of hydrogen-bond acceptors (Lipinski definition) is 5. The molecule has 0 aliphatic rings. The van der Waals surface area contributed by atoms with Crippen molar-refractivity contribution in [3.8, 4) is 5.75 Å². The van der Waals surface area contributed by atoms with Crippen LogP contribution < -0.4 is 10.1 Å². The SMILES string of the molecule is C=CCN(CC(=O)Nc1ncc(C)s1)C(=O)Cc1ccc(OC)cc1. The summed E-state index contributed by atoms with van der Waals surface area (Å²) in [6.07, 6.45) is 3.50. The summed E-state index contributed by atoms with van der Waals surface area (Å²) in [6.45, 7) is 5.83. The molecule has 1 N–H and O–H groups in total. The Morgan fingerprint density at radius 2 is 2.08 bits per heavy atom. The van der Waals surface area contributed by atoms with Crippen LogP contribution in [-0.4, -0.2) is 41.9 Å². The summed E-state index contributed by atoms with van der Waals surface area (Å²) in [5.74, 6) is 0.312. The summed E-state index contributed by atoms with van der Waals surface area (Å²) in [6, 6.07) is 7.28. The van der Waals surface area contributed by atoms with Gasteiger partial charge in [0.1, 0.15) is 12.3 Å². The smallest absolute Gasteiger partial charge is 0.245 e. The van der Waals surface area contributed by atoms with Gasteiger partial charge in [-0.3, -0.25) is 9.59 Å². The second kappa shape index (κ2) is 8.98. The van der Waals surface area contributed by atoms with Gasteiger partial charge in [-0.25, -0.2) is 4.98 Å². The van der Waals surface area contributed by atoms with Gasteiger partial charge >= 0.3 is 0 Å². The first-order valence-electron chi connectivity index (χ1n) is 7.75. The summed E-state index contributed by atoms with van der Waals surface area (Å²) >= 11 is 1.39. The van der Waals surface area contributed by atoms with Crippen LogP contribution in [0.2, 0.25) is 0 Å². The van der Waals surface area contributed by atoms with Gasteiger partial charge in [0.25, 0.3) is 0 Å². The molecule has 1 aromatic carbocycles. The Morgan fingerprint density at radius 3 is 2.64 bits per heavy atom. The molecule has 0 fully saturated rings. The lowest BCUT2D eigenvalue weighted by atomic mass is 10.1. The average molecular weight is 359 g/mol. The lowest BCUT2D eigenvalue weighted by molar-refractivity contribution is -0.133. The fourth-order valence-corrected chi connectivity index (χ4v) is 2.87. The van der Waals surface area contributed by atoms with E-state index in [2.05, 4.69) is 16.9 Å². The van der Waals surface area contributed by atoms with Crippen LogP contribution in [0.3, 0.4) is 0 Å². The highest BCUT2D eigenvalue weighted by Crippen LogP contribution is 2.16. The molecule has 7 heteroatoms. The molecule has 6 nitrogen and oxygen atoms in total. The zero-order chi connectivity index (χ0) is 18.2. The molecule has 2 amide bonds. The van der Waals surface area contributed by atoms with E-state index in [-0.39, 0.29) is 24.8 Å². The zero-order valence-corrected chi connectivity index (χ0v) is 15.1. The fraction of sp³-hybridized carbons (Fsp3) is 0.278. The Morgan fingerprint density at radius 1 is 1.36 bits per heavy atom. The van der Waals surface area contributed by atoms with Gasteiger partial charge in [-0.15, -0.1) is 17.9 Å². The van der Waals surface area contributed by atoms with E-state index in [1.54, 1.807) is 31.5 Å². The van der Waals surface area contributed by atoms with Crippen molar-refractivity contribution >= 4 is 28.3 Å². The summed E-state index contributed by atoms with van der Waals surface area (Å²) in [7, 11) is 1.59. The maximum atomic E-state index is 12.5. The van der Waals surface area contributed by atoms with Crippen molar-refractivity contribution in [1.29, 1.82) is 0 Å². The van der Waals surface area contributed by atoms with Crippen LogP contribution in [0, 0.1) is 6.92 Å². The minimum Gasteiger partial charge on any atom is -0.497 e. The molecule has 0 spiro atoms. The molecule has 132 valence electrons. The standard InChI is InChI=1S/C18H21N3O3S/c1-4-9-21(12-16(22)20-18-19-11-13(2)25-18)17(23)10-14-5-7-15(24-3)8-6-14/h4-8,11H,1,9-10,12H2,2-3H3,(H,19,20,22). The third-order valence-electron chi connectivity index (χ3n) is 3.42. The Kier molecular flexibility index (Phi) is 6.71. The number of anilines is 1. The molecular weight excluding hydrogens is 338 g/mol. The van der Waals surface area contributed by atoms with Gasteiger partial charge in [-0.2, -0.15) is 0 Å². The predicted molar refractivity (Wildman–Crippen MR) is 99.0 cm³/mol. The van der Waals surface area contributed by atoms with Crippen molar-refractivity contribution in [2.75, 3.05) is 25.5 Å². The monoisotopic (exact) mass is 359 g/mol. The molecule has 0 aliphatic heterocycles. The number of methoxy groups -OCH3 is 1. The van der Waals surface area contributed by atoms with E-state index in [4.69, 9.17) is 4.74 Å². The number of aryl methyl sites for hydroxylation is 1. The van der Waals surface area contributed by atoms with Crippen molar-refractivity contribution in [2.24, 2.45) is 0 Å². The lowest BCUT2D eigenvalue weighted by Gasteiger charge is -2.20. The summed E-state index contributed by atoms with van der Waals surface area (Å²) < 4.78 is 5.10. The van der Waals surface area contributed by atoms with Crippen LogP contribution >= 0.6 is 11.3 Å². The minimum atomic E-state index is -0.278. The average Bonchev–Trinajstić information content (AvgIpc) is 2.99. The quantitative estimate of drug-likeness (QED) is 0.736. The Bertz CT molecular complexity index is 740. The number of hydrogen-bond donors (Lipinski definition) is 1. The highest BCUT2D eigenvalue weighted by molar-refractivity contribution is 7.15. The number of carbonyl (C=O) groups is 2. The van der Waals surface area contributed by atoms with Crippen molar-refractivity contribution in [3.05, 3.63) is 53.6 Å². The van der Waals surface area contributed by atoms with Crippen molar-refractivity contribution in [2.45, 2.75) is 13.3 Å². The summed E-state index contributed by atoms with van der Waals surface area (Å²) in [5.41, 5.74) is 0.857. The second-order valence-electron chi connectivity index (χ2n) is 5.41. The lowest BCUT2D eigenvalue weighted by Crippen LogP contribution is -2.39. The maximum Gasteiger partial charge on any atom is 0.245 e. The largest absolute Gasteiger partial charge is 0.497 e. The molecular formula is C18H21N3O3S. The molecule has 1 aromatic heterocycles. The number of thiazole rings is 1.